The average molecular weight is 331 g/mol. The third-order valence-electron chi connectivity index (χ3n) is 3.43. The second kappa shape index (κ2) is 8.81. The van der Waals surface area contributed by atoms with E-state index in [0.29, 0.717) is 30.2 Å². The molecule has 24 heavy (non-hydrogen) atoms. The topological polar surface area (TPSA) is 96.5 Å². The Balaban J connectivity index is 1.91. The van der Waals surface area contributed by atoms with Gasteiger partial charge in [-0.25, -0.2) is 0 Å². The third kappa shape index (κ3) is 5.19. The van der Waals surface area contributed by atoms with Crippen LogP contribution in [0.1, 0.15) is 37.9 Å². The largest absolute Gasteiger partial charge is 0.480 e. The van der Waals surface area contributed by atoms with Gasteiger partial charge >= 0.3 is 5.97 Å². The summed E-state index contributed by atoms with van der Waals surface area (Å²) in [5.74, 6) is -0.100. The summed E-state index contributed by atoms with van der Waals surface area (Å²) in [6.45, 7) is 1.68. The van der Waals surface area contributed by atoms with Gasteiger partial charge in [0.15, 0.2) is 5.82 Å². The maximum absolute atomic E-state index is 12.4. The molecule has 0 bridgehead atoms. The Bertz CT molecular complexity index is 669. The van der Waals surface area contributed by atoms with E-state index in [1.165, 1.54) is 4.90 Å². The second-order valence-electron chi connectivity index (χ2n) is 5.42. The molecule has 0 aliphatic carbocycles. The van der Waals surface area contributed by atoms with Crippen molar-refractivity contribution >= 4 is 17.6 Å². The van der Waals surface area contributed by atoms with Crippen LogP contribution in [0.2, 0.25) is 0 Å². The first-order valence-electron chi connectivity index (χ1n) is 7.98. The molecule has 128 valence electrons. The molecule has 0 fully saturated rings. The predicted molar refractivity (Wildman–Crippen MR) is 87.7 cm³/mol. The molecular formula is C17H21N3O4. The number of benzene rings is 1. The molecule has 0 radical (unpaired) electrons. The van der Waals surface area contributed by atoms with Crippen LogP contribution < -0.4 is 4.90 Å². The standard InChI is InChI=1S/C17H21N3O4/c1-2-7-14-18-15(24-19-14)10-6-11-16(21)20(12-17(22)23)13-8-4-3-5-9-13/h3-5,8-9H,2,6-7,10-12H2,1H3,(H,22,23). The Labute approximate surface area is 140 Å². The number of carboxylic acid groups (broad SMARTS) is 1. The van der Waals surface area contributed by atoms with E-state index in [1.807, 2.05) is 13.0 Å². The lowest BCUT2D eigenvalue weighted by Gasteiger charge is -2.20. The molecule has 1 amide bonds. The van der Waals surface area contributed by atoms with Crippen LogP contribution in [0.15, 0.2) is 34.9 Å². The molecule has 1 heterocycles. The Morgan fingerprint density at radius 2 is 1.96 bits per heavy atom. The van der Waals surface area contributed by atoms with Crippen LogP contribution >= 0.6 is 0 Å². The molecule has 0 saturated carbocycles. The zero-order chi connectivity index (χ0) is 17.4. The van der Waals surface area contributed by atoms with Gasteiger partial charge < -0.3 is 14.5 Å². The Kier molecular flexibility index (Phi) is 6.48. The zero-order valence-corrected chi connectivity index (χ0v) is 13.6. The number of amides is 1. The fraction of sp³-hybridized carbons (Fsp3) is 0.412. The minimum Gasteiger partial charge on any atom is -0.480 e. The summed E-state index contributed by atoms with van der Waals surface area (Å²) in [6, 6.07) is 8.79. The molecule has 0 spiro atoms. The summed E-state index contributed by atoms with van der Waals surface area (Å²) in [7, 11) is 0. The van der Waals surface area contributed by atoms with Gasteiger partial charge in [-0.15, -0.1) is 0 Å². The number of hydrogen-bond donors (Lipinski definition) is 1. The van der Waals surface area contributed by atoms with Crippen molar-refractivity contribution in [1.29, 1.82) is 0 Å². The number of aryl methyl sites for hydroxylation is 2. The van der Waals surface area contributed by atoms with Gasteiger partial charge in [-0.1, -0.05) is 30.3 Å². The molecule has 0 aliphatic heterocycles. The van der Waals surface area contributed by atoms with Crippen LogP contribution in [0.25, 0.3) is 0 Å². The monoisotopic (exact) mass is 331 g/mol. The summed E-state index contributed by atoms with van der Waals surface area (Å²) < 4.78 is 5.13. The minimum atomic E-state index is -1.05. The van der Waals surface area contributed by atoms with Crippen molar-refractivity contribution in [3.8, 4) is 0 Å². The minimum absolute atomic E-state index is 0.216. The number of hydrogen-bond acceptors (Lipinski definition) is 5. The van der Waals surface area contributed by atoms with Crippen molar-refractivity contribution in [3.63, 3.8) is 0 Å². The van der Waals surface area contributed by atoms with Gasteiger partial charge in [-0.05, 0) is 25.0 Å². The summed E-state index contributed by atoms with van der Waals surface area (Å²) in [5.41, 5.74) is 0.577. The molecule has 0 aliphatic rings. The highest BCUT2D eigenvalue weighted by atomic mass is 16.5. The van der Waals surface area contributed by atoms with E-state index in [-0.39, 0.29) is 18.9 Å². The molecule has 0 saturated heterocycles. The maximum Gasteiger partial charge on any atom is 0.323 e. The zero-order valence-electron chi connectivity index (χ0n) is 13.6. The smallest absolute Gasteiger partial charge is 0.323 e. The lowest BCUT2D eigenvalue weighted by molar-refractivity contribution is -0.136. The van der Waals surface area contributed by atoms with Gasteiger partial charge in [-0.3, -0.25) is 9.59 Å². The summed E-state index contributed by atoms with van der Waals surface area (Å²) in [6.07, 6.45) is 2.95. The first kappa shape index (κ1) is 17.7. The van der Waals surface area contributed by atoms with E-state index < -0.39 is 5.97 Å². The van der Waals surface area contributed by atoms with E-state index in [4.69, 9.17) is 9.63 Å². The highest BCUT2D eigenvalue weighted by molar-refractivity contribution is 5.97. The Morgan fingerprint density at radius 3 is 2.62 bits per heavy atom. The van der Waals surface area contributed by atoms with Gasteiger partial charge in [-0.2, -0.15) is 4.98 Å². The SMILES string of the molecule is CCCc1noc(CCCC(=O)N(CC(=O)O)c2ccccc2)n1. The van der Waals surface area contributed by atoms with E-state index in [0.717, 1.165) is 12.8 Å². The number of rotatable bonds is 9. The molecule has 1 aromatic carbocycles. The number of carboxylic acids is 1. The second-order valence-corrected chi connectivity index (χ2v) is 5.42. The summed E-state index contributed by atoms with van der Waals surface area (Å²) >= 11 is 0. The highest BCUT2D eigenvalue weighted by Gasteiger charge is 2.18. The van der Waals surface area contributed by atoms with Crippen molar-refractivity contribution in [2.24, 2.45) is 0 Å². The van der Waals surface area contributed by atoms with Crippen LogP contribution in [0.3, 0.4) is 0 Å². The number of carbonyl (C=O) groups is 2. The number of para-hydroxylation sites is 1. The fourth-order valence-corrected chi connectivity index (χ4v) is 2.31. The molecule has 7 heteroatoms. The molecule has 7 nitrogen and oxygen atoms in total. The molecule has 1 N–H and O–H groups in total. The van der Waals surface area contributed by atoms with Gasteiger partial charge in [0.1, 0.15) is 6.54 Å². The van der Waals surface area contributed by atoms with Gasteiger partial charge in [0.05, 0.1) is 0 Å². The average Bonchev–Trinajstić information content (AvgIpc) is 3.01. The molecular weight excluding hydrogens is 310 g/mol. The van der Waals surface area contributed by atoms with Crippen molar-refractivity contribution in [1.82, 2.24) is 10.1 Å². The van der Waals surface area contributed by atoms with Crippen LogP contribution in [0.4, 0.5) is 5.69 Å². The van der Waals surface area contributed by atoms with Gasteiger partial charge in [0.25, 0.3) is 0 Å². The maximum atomic E-state index is 12.4. The van der Waals surface area contributed by atoms with Crippen LogP contribution in [0.5, 0.6) is 0 Å². The third-order valence-corrected chi connectivity index (χ3v) is 3.43. The van der Waals surface area contributed by atoms with Gasteiger partial charge in [0.2, 0.25) is 11.8 Å². The van der Waals surface area contributed by atoms with E-state index in [2.05, 4.69) is 10.1 Å². The van der Waals surface area contributed by atoms with Crippen LogP contribution in [0, 0.1) is 0 Å². The molecule has 0 unspecified atom stereocenters. The highest BCUT2D eigenvalue weighted by Crippen LogP contribution is 2.15. The molecule has 2 rings (SSSR count). The summed E-state index contributed by atoms with van der Waals surface area (Å²) in [4.78, 5) is 28.9. The van der Waals surface area contributed by atoms with Crippen molar-refractivity contribution in [3.05, 3.63) is 42.0 Å². The molecule has 0 atom stereocenters. The van der Waals surface area contributed by atoms with E-state index >= 15 is 0 Å². The van der Waals surface area contributed by atoms with Crippen molar-refractivity contribution in [2.75, 3.05) is 11.4 Å². The Hall–Kier alpha value is -2.70. The molecule has 1 aromatic heterocycles. The normalized spacial score (nSPS) is 10.5. The number of anilines is 1. The predicted octanol–water partition coefficient (Wildman–Crippen LogP) is 2.46. The quantitative estimate of drug-likeness (QED) is 0.758. The van der Waals surface area contributed by atoms with E-state index in [1.54, 1.807) is 24.3 Å². The van der Waals surface area contributed by atoms with Crippen LogP contribution in [-0.4, -0.2) is 33.7 Å². The number of nitrogens with zero attached hydrogens (tertiary/aromatic N) is 3. The number of aromatic nitrogens is 2. The van der Waals surface area contributed by atoms with Crippen molar-refractivity contribution in [2.45, 2.75) is 39.0 Å². The first-order chi connectivity index (χ1) is 11.6. The van der Waals surface area contributed by atoms with Crippen LogP contribution in [-0.2, 0) is 22.4 Å². The fourth-order valence-electron chi connectivity index (χ4n) is 2.31. The molecule has 2 aromatic rings. The van der Waals surface area contributed by atoms with Crippen molar-refractivity contribution < 1.29 is 19.2 Å². The Morgan fingerprint density at radius 1 is 1.21 bits per heavy atom. The summed E-state index contributed by atoms with van der Waals surface area (Å²) in [5, 5.41) is 12.9. The lowest BCUT2D eigenvalue weighted by Crippen LogP contribution is -2.35. The van der Waals surface area contributed by atoms with Gasteiger partial charge in [0, 0.05) is 24.9 Å². The lowest BCUT2D eigenvalue weighted by atomic mass is 10.2. The first-order valence-corrected chi connectivity index (χ1v) is 7.98. The number of aliphatic carboxylic acids is 1. The van der Waals surface area contributed by atoms with E-state index in [9.17, 15) is 9.59 Å². The number of carbonyl (C=O) groups excluding carboxylic acids is 1.